The van der Waals surface area contributed by atoms with Gasteiger partial charge in [-0.3, -0.25) is 19.5 Å². The van der Waals surface area contributed by atoms with Crippen molar-refractivity contribution in [2.45, 2.75) is 13.0 Å². The number of rotatable bonds is 4. The Morgan fingerprint density at radius 3 is 2.59 bits per heavy atom. The molecule has 0 spiro atoms. The number of halogens is 2. The lowest BCUT2D eigenvalue weighted by atomic mass is 9.98. The molecular weight excluding hydrogens is 496 g/mol. The first-order chi connectivity index (χ1) is 15.3. The van der Waals surface area contributed by atoms with Crippen LogP contribution in [-0.4, -0.2) is 28.9 Å². The van der Waals surface area contributed by atoms with Crippen LogP contribution in [0.2, 0.25) is 5.02 Å². The lowest BCUT2D eigenvalue weighted by Crippen LogP contribution is -2.30. The lowest BCUT2D eigenvalue weighted by Gasteiger charge is -2.26. The molecule has 6 nitrogen and oxygen atoms in total. The summed E-state index contributed by atoms with van der Waals surface area (Å²) in [4.78, 5) is 32.1. The number of carbonyl (C=O) groups is 2. The summed E-state index contributed by atoms with van der Waals surface area (Å²) in [5.41, 5.74) is 1.87. The molecule has 1 aliphatic heterocycles. The molecule has 0 saturated carbocycles. The van der Waals surface area contributed by atoms with E-state index in [1.54, 1.807) is 67.7 Å². The number of Topliss-reactive ketones (excluding diaryl/α,β-unsaturated/α-hetero) is 1. The first-order valence-corrected chi connectivity index (χ1v) is 10.8. The van der Waals surface area contributed by atoms with Crippen LogP contribution in [0.3, 0.4) is 0 Å². The normalized spacial score (nSPS) is 17.6. The van der Waals surface area contributed by atoms with Gasteiger partial charge in [0.2, 0.25) is 0 Å². The summed E-state index contributed by atoms with van der Waals surface area (Å²) >= 11 is 9.68. The van der Waals surface area contributed by atoms with Crippen LogP contribution in [0.5, 0.6) is 5.75 Å². The molecule has 1 fully saturated rings. The van der Waals surface area contributed by atoms with Gasteiger partial charge < -0.3 is 9.84 Å². The van der Waals surface area contributed by atoms with E-state index >= 15 is 0 Å². The second-order valence-electron chi connectivity index (χ2n) is 7.16. The van der Waals surface area contributed by atoms with Crippen molar-refractivity contribution >= 4 is 50.7 Å². The van der Waals surface area contributed by atoms with Gasteiger partial charge in [-0.15, -0.1) is 0 Å². The Bertz CT molecular complexity index is 1260. The van der Waals surface area contributed by atoms with Crippen LogP contribution in [0.4, 0.5) is 5.69 Å². The third-order valence-corrected chi connectivity index (χ3v) is 6.37. The zero-order chi connectivity index (χ0) is 23.0. The first kappa shape index (κ1) is 22.0. The second-order valence-corrected chi connectivity index (χ2v) is 8.42. The Morgan fingerprint density at radius 1 is 1.16 bits per heavy atom. The molecular formula is C24H18BrClN2O4. The van der Waals surface area contributed by atoms with E-state index in [1.165, 1.54) is 12.0 Å². The molecule has 2 aromatic carbocycles. The summed E-state index contributed by atoms with van der Waals surface area (Å²) in [6.07, 6.45) is 1.57. The molecule has 32 heavy (non-hydrogen) atoms. The minimum atomic E-state index is -0.922. The monoisotopic (exact) mass is 512 g/mol. The number of ether oxygens (including phenoxy) is 1. The summed E-state index contributed by atoms with van der Waals surface area (Å²) in [6.45, 7) is 1.77. The van der Waals surface area contributed by atoms with Crippen LogP contribution in [0.15, 0.2) is 70.8 Å². The minimum Gasteiger partial charge on any atom is -0.507 e. The molecule has 1 atom stereocenters. The third-order valence-electron chi connectivity index (χ3n) is 5.34. The van der Waals surface area contributed by atoms with Crippen molar-refractivity contribution in [3.63, 3.8) is 0 Å². The quantitative estimate of drug-likeness (QED) is 0.285. The van der Waals surface area contributed by atoms with Crippen molar-refractivity contribution in [3.8, 4) is 5.75 Å². The minimum absolute atomic E-state index is 0.0508. The molecule has 8 heteroatoms. The number of nitrogens with zero attached hydrogens (tertiary/aromatic N) is 2. The molecule has 162 valence electrons. The Morgan fingerprint density at radius 2 is 1.94 bits per heavy atom. The third kappa shape index (κ3) is 3.67. The summed E-state index contributed by atoms with van der Waals surface area (Å²) in [6, 6.07) is 14.3. The number of methoxy groups -OCH3 is 1. The van der Waals surface area contributed by atoms with Gasteiger partial charge in [0.15, 0.2) is 0 Å². The number of hydrogen-bond donors (Lipinski definition) is 1. The fourth-order valence-corrected chi connectivity index (χ4v) is 4.43. The fraction of sp³-hybridized carbons (Fsp3) is 0.125. The average molecular weight is 514 g/mol. The van der Waals surface area contributed by atoms with Crippen molar-refractivity contribution in [1.82, 2.24) is 4.98 Å². The Balaban J connectivity index is 1.96. The van der Waals surface area contributed by atoms with Crippen molar-refractivity contribution in [2.75, 3.05) is 12.0 Å². The van der Waals surface area contributed by atoms with E-state index in [9.17, 15) is 14.7 Å². The fourth-order valence-electron chi connectivity index (χ4n) is 3.72. The molecule has 1 aromatic heterocycles. The molecule has 1 N–H and O–H groups in total. The zero-order valence-corrected chi connectivity index (χ0v) is 19.5. The van der Waals surface area contributed by atoms with Gasteiger partial charge in [-0.25, -0.2) is 0 Å². The number of benzene rings is 2. The molecule has 0 bridgehead atoms. The zero-order valence-electron chi connectivity index (χ0n) is 17.2. The molecule has 1 unspecified atom stereocenters. The number of carbonyl (C=O) groups excluding carboxylic acids is 2. The second kappa shape index (κ2) is 8.76. The van der Waals surface area contributed by atoms with E-state index in [0.717, 1.165) is 0 Å². The van der Waals surface area contributed by atoms with E-state index in [1.807, 2.05) is 0 Å². The summed E-state index contributed by atoms with van der Waals surface area (Å²) in [5.74, 6) is -1.30. The predicted octanol–water partition coefficient (Wildman–Crippen LogP) is 5.44. The summed E-state index contributed by atoms with van der Waals surface area (Å²) in [5, 5.41) is 11.6. The van der Waals surface area contributed by atoms with Gasteiger partial charge in [-0.2, -0.15) is 0 Å². The highest BCUT2D eigenvalue weighted by Gasteiger charge is 2.48. The van der Waals surface area contributed by atoms with Crippen molar-refractivity contribution < 1.29 is 19.4 Å². The largest absolute Gasteiger partial charge is 0.507 e. The van der Waals surface area contributed by atoms with Gasteiger partial charge in [0.1, 0.15) is 17.6 Å². The maximum atomic E-state index is 13.2. The van der Waals surface area contributed by atoms with Crippen LogP contribution in [0.25, 0.3) is 5.76 Å². The standard InChI is InChI=1S/C24H18BrClN2O4/c1-13-16(26)6-5-8-18(13)28-21(17-7-3-4-11-27-17)20(23(30)24(28)31)22(29)14-9-10-19(32-2)15(25)12-14/h3-12,21,29H,1-2H3/b22-20+. The molecule has 3 aromatic rings. The number of pyridine rings is 1. The SMILES string of the molecule is COc1ccc(/C(O)=C2\C(=O)C(=O)N(c3cccc(Cl)c3C)C2c2ccccn2)cc1Br. The van der Waals surface area contributed by atoms with Crippen LogP contribution in [-0.2, 0) is 9.59 Å². The smallest absolute Gasteiger partial charge is 0.300 e. The number of aliphatic hydroxyl groups is 1. The Labute approximate surface area is 198 Å². The highest BCUT2D eigenvalue weighted by Crippen LogP contribution is 2.43. The molecule has 0 aliphatic carbocycles. The van der Waals surface area contributed by atoms with Gasteiger partial charge in [-0.1, -0.05) is 23.7 Å². The number of aromatic nitrogens is 1. The number of aliphatic hydroxyl groups excluding tert-OH is 1. The topological polar surface area (TPSA) is 79.7 Å². The van der Waals surface area contributed by atoms with Crippen molar-refractivity contribution in [3.05, 3.63) is 92.7 Å². The number of ketones is 1. The van der Waals surface area contributed by atoms with Crippen molar-refractivity contribution in [1.29, 1.82) is 0 Å². The van der Waals surface area contributed by atoms with Gasteiger partial charge >= 0.3 is 0 Å². The number of amides is 1. The van der Waals surface area contributed by atoms with Gasteiger partial charge in [0.25, 0.3) is 11.7 Å². The first-order valence-electron chi connectivity index (χ1n) is 9.66. The van der Waals surface area contributed by atoms with E-state index in [0.29, 0.717) is 37.8 Å². The maximum absolute atomic E-state index is 13.2. The molecule has 1 aliphatic rings. The van der Waals surface area contributed by atoms with Gasteiger partial charge in [-0.05, 0) is 70.9 Å². The average Bonchev–Trinajstić information content (AvgIpc) is 3.06. The molecule has 4 rings (SSSR count). The lowest BCUT2D eigenvalue weighted by molar-refractivity contribution is -0.132. The summed E-state index contributed by atoms with van der Waals surface area (Å²) in [7, 11) is 1.53. The predicted molar refractivity (Wildman–Crippen MR) is 126 cm³/mol. The molecule has 1 saturated heterocycles. The highest BCUT2D eigenvalue weighted by molar-refractivity contribution is 9.10. The Hall–Kier alpha value is -3.16. The maximum Gasteiger partial charge on any atom is 0.300 e. The molecule has 0 radical (unpaired) electrons. The molecule has 1 amide bonds. The van der Waals surface area contributed by atoms with E-state index in [-0.39, 0.29) is 11.3 Å². The highest BCUT2D eigenvalue weighted by atomic mass is 79.9. The number of anilines is 1. The van der Waals surface area contributed by atoms with Crippen LogP contribution < -0.4 is 9.64 Å². The van der Waals surface area contributed by atoms with Gasteiger partial charge in [0, 0.05) is 22.5 Å². The van der Waals surface area contributed by atoms with Crippen LogP contribution in [0, 0.1) is 6.92 Å². The molecule has 2 heterocycles. The van der Waals surface area contributed by atoms with Crippen LogP contribution >= 0.6 is 27.5 Å². The number of hydrogen-bond acceptors (Lipinski definition) is 5. The van der Waals surface area contributed by atoms with E-state index < -0.39 is 17.7 Å². The van der Waals surface area contributed by atoms with E-state index in [2.05, 4.69) is 20.9 Å². The van der Waals surface area contributed by atoms with Gasteiger partial charge in [0.05, 0.1) is 22.8 Å². The Kier molecular flexibility index (Phi) is 6.04. The summed E-state index contributed by atoms with van der Waals surface area (Å²) < 4.78 is 5.83. The van der Waals surface area contributed by atoms with Crippen molar-refractivity contribution in [2.24, 2.45) is 0 Å². The van der Waals surface area contributed by atoms with E-state index in [4.69, 9.17) is 16.3 Å². The van der Waals surface area contributed by atoms with Crippen LogP contribution in [0.1, 0.15) is 22.9 Å².